The molecule has 1 amide bonds. The van der Waals surface area contributed by atoms with Crippen LogP contribution < -0.4 is 14.9 Å². The van der Waals surface area contributed by atoms with Crippen molar-refractivity contribution in [3.05, 3.63) is 65.7 Å². The van der Waals surface area contributed by atoms with E-state index in [1.54, 1.807) is 18.2 Å². The van der Waals surface area contributed by atoms with Crippen molar-refractivity contribution in [2.45, 2.75) is 0 Å². The van der Waals surface area contributed by atoms with Gasteiger partial charge in [0.05, 0.1) is 20.4 Å². The summed E-state index contributed by atoms with van der Waals surface area (Å²) in [7, 11) is 2.88. The van der Waals surface area contributed by atoms with Crippen molar-refractivity contribution in [3.8, 4) is 17.2 Å². The quantitative estimate of drug-likeness (QED) is 0.546. The standard InChI is InChI=1S/C20H18N2O4/c1-25-17-9-13(10-18(26-2)19(17)23)12-21-22-20(24)16-8-7-14-5-3-4-6-15(14)11-16/h3-12,23H,1-2H3,(H,22,24)/b21-12-. The number of benzene rings is 3. The maximum absolute atomic E-state index is 12.3. The Hall–Kier alpha value is -3.54. The van der Waals surface area contributed by atoms with Gasteiger partial charge in [0.2, 0.25) is 5.75 Å². The molecule has 26 heavy (non-hydrogen) atoms. The van der Waals surface area contributed by atoms with Crippen LogP contribution in [0.2, 0.25) is 0 Å². The molecule has 0 radical (unpaired) electrons. The summed E-state index contributed by atoms with van der Waals surface area (Å²) in [6, 6.07) is 16.4. The molecule has 3 aromatic carbocycles. The molecule has 0 spiro atoms. The number of hydrogen-bond donors (Lipinski definition) is 2. The van der Waals surface area contributed by atoms with Gasteiger partial charge in [0, 0.05) is 11.1 Å². The molecule has 132 valence electrons. The third-order valence-electron chi connectivity index (χ3n) is 3.89. The predicted molar refractivity (Wildman–Crippen MR) is 100 cm³/mol. The summed E-state index contributed by atoms with van der Waals surface area (Å²) in [6.07, 6.45) is 1.45. The van der Waals surface area contributed by atoms with E-state index in [2.05, 4.69) is 10.5 Å². The van der Waals surface area contributed by atoms with Crippen molar-refractivity contribution in [2.24, 2.45) is 5.10 Å². The SMILES string of the molecule is COc1cc(/C=N\NC(=O)c2ccc3ccccc3c2)cc(OC)c1O. The predicted octanol–water partition coefficient (Wildman–Crippen LogP) is 3.33. The number of phenolic OH excluding ortho intramolecular Hbond substituents is 1. The molecule has 0 heterocycles. The van der Waals surface area contributed by atoms with Crippen LogP contribution >= 0.6 is 0 Å². The van der Waals surface area contributed by atoms with Crippen LogP contribution in [0.3, 0.4) is 0 Å². The van der Waals surface area contributed by atoms with Crippen LogP contribution in [0, 0.1) is 0 Å². The van der Waals surface area contributed by atoms with Gasteiger partial charge in [-0.05, 0) is 35.0 Å². The first kappa shape index (κ1) is 17.3. The fourth-order valence-corrected chi connectivity index (χ4v) is 2.55. The number of carbonyl (C=O) groups excluding carboxylic acids is 1. The maximum atomic E-state index is 12.3. The lowest BCUT2D eigenvalue weighted by Gasteiger charge is -2.09. The van der Waals surface area contributed by atoms with Crippen LogP contribution in [0.4, 0.5) is 0 Å². The second-order valence-electron chi connectivity index (χ2n) is 5.54. The first-order valence-corrected chi connectivity index (χ1v) is 7.89. The van der Waals surface area contributed by atoms with E-state index in [0.29, 0.717) is 11.1 Å². The molecule has 0 aromatic heterocycles. The zero-order valence-corrected chi connectivity index (χ0v) is 14.4. The summed E-state index contributed by atoms with van der Waals surface area (Å²) in [5.41, 5.74) is 3.61. The topological polar surface area (TPSA) is 80.2 Å². The minimum Gasteiger partial charge on any atom is -0.502 e. The van der Waals surface area contributed by atoms with Gasteiger partial charge in [-0.3, -0.25) is 4.79 Å². The Morgan fingerprint density at radius 2 is 1.65 bits per heavy atom. The molecule has 0 aliphatic rings. The molecule has 3 rings (SSSR count). The van der Waals surface area contributed by atoms with Gasteiger partial charge >= 0.3 is 0 Å². The lowest BCUT2D eigenvalue weighted by molar-refractivity contribution is 0.0955. The summed E-state index contributed by atoms with van der Waals surface area (Å²) >= 11 is 0. The fraction of sp³-hybridized carbons (Fsp3) is 0.100. The minimum absolute atomic E-state index is 0.0904. The summed E-state index contributed by atoms with van der Waals surface area (Å²) in [6.45, 7) is 0. The Morgan fingerprint density at radius 1 is 1.00 bits per heavy atom. The second kappa shape index (κ2) is 7.57. The molecule has 0 saturated heterocycles. The number of nitrogens with one attached hydrogen (secondary N) is 1. The molecule has 2 N–H and O–H groups in total. The number of ether oxygens (including phenoxy) is 2. The van der Waals surface area contributed by atoms with Gasteiger partial charge in [0.15, 0.2) is 11.5 Å². The number of fused-ring (bicyclic) bond motifs is 1. The Balaban J connectivity index is 1.76. The molecular weight excluding hydrogens is 332 g/mol. The third-order valence-corrected chi connectivity index (χ3v) is 3.89. The normalized spacial score (nSPS) is 10.8. The average molecular weight is 350 g/mol. The first-order valence-electron chi connectivity index (χ1n) is 7.89. The lowest BCUT2D eigenvalue weighted by atomic mass is 10.1. The van der Waals surface area contributed by atoms with Crippen LogP contribution in [0.1, 0.15) is 15.9 Å². The van der Waals surface area contributed by atoms with Crippen molar-refractivity contribution in [2.75, 3.05) is 14.2 Å². The Bertz CT molecular complexity index is 957. The van der Waals surface area contributed by atoms with Crippen LogP contribution in [-0.2, 0) is 0 Å². The first-order chi connectivity index (χ1) is 12.6. The smallest absolute Gasteiger partial charge is 0.271 e. The van der Waals surface area contributed by atoms with Gasteiger partial charge in [0.25, 0.3) is 5.91 Å². The number of carbonyl (C=O) groups is 1. The zero-order chi connectivity index (χ0) is 18.5. The highest BCUT2D eigenvalue weighted by Crippen LogP contribution is 2.36. The Kier molecular flexibility index (Phi) is 5.03. The number of phenols is 1. The highest BCUT2D eigenvalue weighted by Gasteiger charge is 2.10. The van der Waals surface area contributed by atoms with Gasteiger partial charge in [-0.2, -0.15) is 5.10 Å². The monoisotopic (exact) mass is 350 g/mol. The number of hydrazone groups is 1. The van der Waals surface area contributed by atoms with Gasteiger partial charge in [-0.25, -0.2) is 5.43 Å². The number of aromatic hydroxyl groups is 1. The fourth-order valence-electron chi connectivity index (χ4n) is 2.55. The number of hydrogen-bond acceptors (Lipinski definition) is 5. The minimum atomic E-state index is -0.315. The zero-order valence-electron chi connectivity index (χ0n) is 14.4. The van der Waals surface area contributed by atoms with Gasteiger partial charge < -0.3 is 14.6 Å². The van der Waals surface area contributed by atoms with E-state index in [1.807, 2.05) is 36.4 Å². The molecule has 0 unspecified atom stereocenters. The Morgan fingerprint density at radius 3 is 2.31 bits per heavy atom. The van der Waals surface area contributed by atoms with Crippen molar-refractivity contribution >= 4 is 22.9 Å². The van der Waals surface area contributed by atoms with E-state index >= 15 is 0 Å². The lowest BCUT2D eigenvalue weighted by Crippen LogP contribution is -2.17. The van der Waals surface area contributed by atoms with Crippen LogP contribution in [-0.4, -0.2) is 31.4 Å². The van der Waals surface area contributed by atoms with E-state index < -0.39 is 0 Å². The highest BCUT2D eigenvalue weighted by atomic mass is 16.5. The van der Waals surface area contributed by atoms with Crippen molar-refractivity contribution in [1.82, 2.24) is 5.43 Å². The molecule has 0 aliphatic carbocycles. The van der Waals surface area contributed by atoms with Gasteiger partial charge in [-0.1, -0.05) is 30.3 Å². The number of rotatable bonds is 5. The van der Waals surface area contributed by atoms with Crippen molar-refractivity contribution in [3.63, 3.8) is 0 Å². The molecule has 0 saturated carbocycles. The van der Waals surface area contributed by atoms with E-state index in [-0.39, 0.29) is 23.2 Å². The molecule has 0 bridgehead atoms. The van der Waals surface area contributed by atoms with Gasteiger partial charge in [-0.15, -0.1) is 0 Å². The van der Waals surface area contributed by atoms with Gasteiger partial charge in [0.1, 0.15) is 0 Å². The van der Waals surface area contributed by atoms with E-state index in [1.165, 1.54) is 20.4 Å². The van der Waals surface area contributed by atoms with E-state index in [0.717, 1.165) is 10.8 Å². The summed E-state index contributed by atoms with van der Waals surface area (Å²) in [5, 5.41) is 15.9. The molecule has 0 aliphatic heterocycles. The summed E-state index contributed by atoms with van der Waals surface area (Å²) in [5.74, 6) is 0.107. The van der Waals surface area contributed by atoms with Crippen LogP contribution in [0.25, 0.3) is 10.8 Å². The Labute approximate surface area is 150 Å². The van der Waals surface area contributed by atoms with Crippen LogP contribution in [0.15, 0.2) is 59.7 Å². The molecular formula is C20H18N2O4. The highest BCUT2D eigenvalue weighted by molar-refractivity contribution is 5.99. The molecule has 3 aromatic rings. The number of nitrogens with zero attached hydrogens (tertiary/aromatic N) is 1. The molecule has 0 atom stereocenters. The average Bonchev–Trinajstić information content (AvgIpc) is 2.68. The van der Waals surface area contributed by atoms with E-state index in [4.69, 9.17) is 9.47 Å². The third kappa shape index (κ3) is 3.59. The van der Waals surface area contributed by atoms with Crippen LogP contribution in [0.5, 0.6) is 17.2 Å². The number of amides is 1. The molecule has 0 fully saturated rings. The largest absolute Gasteiger partial charge is 0.502 e. The molecule has 6 heteroatoms. The van der Waals surface area contributed by atoms with E-state index in [9.17, 15) is 9.90 Å². The summed E-state index contributed by atoms with van der Waals surface area (Å²) in [4.78, 5) is 12.3. The second-order valence-corrected chi connectivity index (χ2v) is 5.54. The maximum Gasteiger partial charge on any atom is 0.271 e. The van der Waals surface area contributed by atoms with Crippen molar-refractivity contribution in [1.29, 1.82) is 0 Å². The van der Waals surface area contributed by atoms with Crippen molar-refractivity contribution < 1.29 is 19.4 Å². The molecule has 6 nitrogen and oxygen atoms in total. The number of methoxy groups -OCH3 is 2. The summed E-state index contributed by atoms with van der Waals surface area (Å²) < 4.78 is 10.2.